The van der Waals surface area contributed by atoms with Gasteiger partial charge in [-0.25, -0.2) is 0 Å². The molecule has 8 rings (SSSR count). The van der Waals surface area contributed by atoms with Gasteiger partial charge in [0.1, 0.15) is 0 Å². The number of nitrogens with zero attached hydrogens (tertiary/aromatic N) is 4. The summed E-state index contributed by atoms with van der Waals surface area (Å²) in [4.78, 5) is 62.1. The standard InChI is InChI=1S/C33H40Cl2N4O2.C29H39Cl2N5O2/c1-3-25(26-12-8-5-9-13-26)23-39-19-16-28(21-36-32(40)27-14-15-29(34)30(35)20-27)37-31(33(39)41)17-18-38(2)22-24-10-6-4-7-11-24;1-2-21(22-6-4-3-5-7-22)20-36-15-10-24(19-33-28(37)23-8-9-25(30)26(31)18-23)34-27(29(36)38)11-14-35-16-12-32-13-17-35/h4-15,20,25,28,31,37H,3,16-19,21-23H2,1-2H3,(H,36,40);3-9,18,21,24,27,32,34H,2,10-17,19-20H2,1H3,(H,33,37)/t25?,28-,31-;21?,24-,27-/m00/s1. The molecule has 3 heterocycles. The Morgan fingerprint density at radius 1 is 0.595 bits per heavy atom. The Kier molecular flexibility index (Phi) is 24.8. The van der Waals surface area contributed by atoms with Crippen LogP contribution >= 0.6 is 46.4 Å². The second kappa shape index (κ2) is 31.8. The third-order valence-electron chi connectivity index (χ3n) is 15.4. The van der Waals surface area contributed by atoms with Gasteiger partial charge >= 0.3 is 0 Å². The van der Waals surface area contributed by atoms with Crippen molar-refractivity contribution in [3.05, 3.63) is 175 Å². The lowest BCUT2D eigenvalue weighted by Crippen LogP contribution is -2.51. The Morgan fingerprint density at radius 3 is 1.48 bits per heavy atom. The van der Waals surface area contributed by atoms with E-state index in [1.165, 1.54) is 16.7 Å². The summed E-state index contributed by atoms with van der Waals surface area (Å²) >= 11 is 24.2. The smallest absolute Gasteiger partial charge is 0.251 e. The van der Waals surface area contributed by atoms with Crippen LogP contribution in [0.5, 0.6) is 0 Å². The summed E-state index contributed by atoms with van der Waals surface area (Å²) in [5.74, 6) is 0.434. The monoisotopic (exact) mass is 1150 g/mol. The highest BCUT2D eigenvalue weighted by Crippen LogP contribution is 2.27. The van der Waals surface area contributed by atoms with Crippen molar-refractivity contribution in [2.24, 2.45) is 0 Å². The van der Waals surface area contributed by atoms with Gasteiger partial charge in [-0.3, -0.25) is 19.2 Å². The van der Waals surface area contributed by atoms with Crippen LogP contribution in [0.25, 0.3) is 0 Å². The topological polar surface area (TPSA) is 141 Å². The molecule has 5 aromatic carbocycles. The maximum atomic E-state index is 13.9. The van der Waals surface area contributed by atoms with Crippen LogP contribution in [-0.2, 0) is 16.1 Å². The van der Waals surface area contributed by atoms with Crippen molar-refractivity contribution in [2.45, 2.75) is 94.9 Å². The minimum absolute atomic E-state index is 0.0134. The summed E-state index contributed by atoms with van der Waals surface area (Å²) in [6.45, 7) is 14.3. The van der Waals surface area contributed by atoms with Crippen molar-refractivity contribution < 1.29 is 19.2 Å². The third kappa shape index (κ3) is 19.0. The van der Waals surface area contributed by atoms with E-state index in [1.54, 1.807) is 36.4 Å². The number of rotatable bonds is 22. The molecule has 0 aromatic heterocycles. The van der Waals surface area contributed by atoms with E-state index in [4.69, 9.17) is 46.4 Å². The Bertz CT molecular complexity index is 2700. The highest BCUT2D eigenvalue weighted by atomic mass is 35.5. The van der Waals surface area contributed by atoms with Crippen LogP contribution in [-0.4, -0.2) is 153 Å². The van der Waals surface area contributed by atoms with Crippen molar-refractivity contribution in [2.75, 3.05) is 85.6 Å². The van der Waals surface area contributed by atoms with Gasteiger partial charge in [-0.1, -0.05) is 151 Å². The highest BCUT2D eigenvalue weighted by molar-refractivity contribution is 6.42. The lowest BCUT2D eigenvalue weighted by atomic mass is 9.95. The minimum Gasteiger partial charge on any atom is -0.350 e. The molecule has 2 unspecified atom stereocenters. The van der Waals surface area contributed by atoms with E-state index in [2.05, 4.69) is 118 Å². The number of piperazine rings is 1. The van der Waals surface area contributed by atoms with Crippen molar-refractivity contribution in [3.8, 4) is 0 Å². The van der Waals surface area contributed by atoms with Crippen LogP contribution in [0, 0.1) is 0 Å². The lowest BCUT2D eigenvalue weighted by Gasteiger charge is -2.31. The molecule has 0 bridgehead atoms. The fourth-order valence-corrected chi connectivity index (χ4v) is 11.3. The molecule has 3 fully saturated rings. The lowest BCUT2D eigenvalue weighted by molar-refractivity contribution is -0.134. The summed E-state index contributed by atoms with van der Waals surface area (Å²) in [5, 5.41) is 18.2. The zero-order valence-electron chi connectivity index (χ0n) is 46.0. The maximum Gasteiger partial charge on any atom is 0.251 e. The van der Waals surface area contributed by atoms with Crippen molar-refractivity contribution >= 4 is 70.0 Å². The van der Waals surface area contributed by atoms with Gasteiger partial charge in [-0.15, -0.1) is 0 Å². The van der Waals surface area contributed by atoms with E-state index in [9.17, 15) is 19.2 Å². The van der Waals surface area contributed by atoms with Crippen molar-refractivity contribution in [1.29, 1.82) is 0 Å². The number of halogens is 4. The normalized spacial score (nSPS) is 19.9. The molecule has 5 aromatic rings. The molecule has 4 amide bonds. The molecule has 17 heteroatoms. The van der Waals surface area contributed by atoms with E-state index < -0.39 is 0 Å². The first-order valence-corrected chi connectivity index (χ1v) is 29.6. The Morgan fingerprint density at radius 2 is 1.04 bits per heavy atom. The molecule has 0 saturated carbocycles. The largest absolute Gasteiger partial charge is 0.350 e. The molecule has 5 N–H and O–H groups in total. The van der Waals surface area contributed by atoms with Gasteiger partial charge in [-0.05, 0) is 98.7 Å². The van der Waals surface area contributed by atoms with Crippen LogP contribution in [0.3, 0.4) is 0 Å². The van der Waals surface area contributed by atoms with Crippen LogP contribution < -0.4 is 26.6 Å². The molecule has 3 aliphatic rings. The summed E-state index contributed by atoms with van der Waals surface area (Å²) in [6, 6.07) is 40.3. The fourth-order valence-electron chi connectivity index (χ4n) is 10.7. The number of benzene rings is 5. The minimum atomic E-state index is -0.337. The molecule has 3 aliphatic heterocycles. The van der Waals surface area contributed by atoms with E-state index in [-0.39, 0.29) is 53.7 Å². The summed E-state index contributed by atoms with van der Waals surface area (Å²) in [6.07, 6.45) is 4.86. The molecule has 0 spiro atoms. The number of carbonyl (C=O) groups excluding carboxylic acids is 4. The van der Waals surface area contributed by atoms with E-state index in [1.807, 2.05) is 40.1 Å². The summed E-state index contributed by atoms with van der Waals surface area (Å²) in [7, 11) is 2.09. The van der Waals surface area contributed by atoms with Gasteiger partial charge in [0, 0.05) is 120 Å². The SMILES string of the molecule is CCC(CN1CC[C@@H](CNC(=O)c2ccc(Cl)c(Cl)c2)N[C@@H](CCN(C)Cc2ccccc2)C1=O)c1ccccc1.CCC(CN1CC[C@@H](CNC(=O)c2ccc(Cl)c(Cl)c2)N[C@@H](CCN2CCNCC2)C1=O)c1ccccc1. The van der Waals surface area contributed by atoms with Crippen LogP contribution in [0.15, 0.2) is 127 Å². The summed E-state index contributed by atoms with van der Waals surface area (Å²) < 4.78 is 0. The molecule has 13 nitrogen and oxygen atoms in total. The van der Waals surface area contributed by atoms with Gasteiger partial charge in [0.2, 0.25) is 11.8 Å². The average molecular weight is 1160 g/mol. The molecule has 3 saturated heterocycles. The number of nitrogens with one attached hydrogen (secondary N) is 5. The van der Waals surface area contributed by atoms with Crippen molar-refractivity contribution in [1.82, 2.24) is 46.2 Å². The van der Waals surface area contributed by atoms with Gasteiger partial charge in [0.15, 0.2) is 0 Å². The van der Waals surface area contributed by atoms with E-state index in [0.717, 1.165) is 77.9 Å². The van der Waals surface area contributed by atoms with Crippen LogP contribution in [0.1, 0.15) is 102 Å². The molecule has 0 aliphatic carbocycles. The summed E-state index contributed by atoms with van der Waals surface area (Å²) in [5.41, 5.74) is 4.69. The molecule has 0 radical (unpaired) electrons. The highest BCUT2D eigenvalue weighted by Gasteiger charge is 2.34. The second-order valence-corrected chi connectivity index (χ2v) is 22.7. The first-order valence-electron chi connectivity index (χ1n) is 28.1. The number of hydrogen-bond acceptors (Lipinski definition) is 9. The van der Waals surface area contributed by atoms with Gasteiger partial charge in [0.25, 0.3) is 11.8 Å². The fraction of sp³-hybridized carbons (Fsp3) is 0.452. The van der Waals surface area contributed by atoms with Crippen LogP contribution in [0.2, 0.25) is 20.1 Å². The predicted molar refractivity (Wildman–Crippen MR) is 322 cm³/mol. The molecule has 79 heavy (non-hydrogen) atoms. The van der Waals surface area contributed by atoms with E-state index in [0.29, 0.717) is 82.8 Å². The Labute approximate surface area is 488 Å². The van der Waals surface area contributed by atoms with Gasteiger partial charge < -0.3 is 46.2 Å². The quantitative estimate of drug-likeness (QED) is 0.0458. The molecule has 6 atom stereocenters. The first kappa shape index (κ1) is 61.6. The number of amides is 4. The third-order valence-corrected chi connectivity index (χ3v) is 16.9. The number of carbonyl (C=O) groups is 4. The Balaban J connectivity index is 0.000000229. The van der Waals surface area contributed by atoms with Crippen LogP contribution in [0.4, 0.5) is 0 Å². The second-order valence-electron chi connectivity index (χ2n) is 21.1. The predicted octanol–water partition coefficient (Wildman–Crippen LogP) is 9.77. The van der Waals surface area contributed by atoms with Crippen molar-refractivity contribution in [3.63, 3.8) is 0 Å². The number of hydrogen-bond donors (Lipinski definition) is 5. The molecular weight excluding hydrogens is 1080 g/mol. The van der Waals surface area contributed by atoms with E-state index >= 15 is 0 Å². The zero-order chi connectivity index (χ0) is 56.1. The average Bonchev–Trinajstić information content (AvgIpc) is 3.72. The first-order chi connectivity index (χ1) is 38.3. The molecular formula is C62H79Cl4N9O4. The Hall–Kier alpha value is -5.06. The van der Waals surface area contributed by atoms with Gasteiger partial charge in [0.05, 0.1) is 32.2 Å². The molecule has 424 valence electrons. The van der Waals surface area contributed by atoms with Gasteiger partial charge in [-0.2, -0.15) is 0 Å². The maximum absolute atomic E-state index is 13.9. The zero-order valence-corrected chi connectivity index (χ0v) is 49.0.